The zero-order chi connectivity index (χ0) is 25.8. The number of rotatable bonds is 12. The van der Waals surface area contributed by atoms with Gasteiger partial charge < -0.3 is 10.1 Å². The van der Waals surface area contributed by atoms with Gasteiger partial charge in [-0.15, -0.1) is 11.8 Å². The molecular weight excluding hydrogens is 480 g/mol. The monoisotopic (exact) mass is 506 g/mol. The summed E-state index contributed by atoms with van der Waals surface area (Å²) in [5, 5.41) is 17.5. The third-order valence-electron chi connectivity index (χ3n) is 4.98. The summed E-state index contributed by atoms with van der Waals surface area (Å²) >= 11 is 1.38. The number of hydrazone groups is 1. The number of nitrogens with one attached hydrogen (secondary N) is 2. The van der Waals surface area contributed by atoms with Crippen molar-refractivity contribution in [2.24, 2.45) is 5.10 Å². The number of hydrogen-bond donors (Lipinski definition) is 2. The normalized spacial score (nSPS) is 11.6. The predicted octanol–water partition coefficient (Wildman–Crippen LogP) is 4.23. The summed E-state index contributed by atoms with van der Waals surface area (Å²) in [4.78, 5) is 34.3. The summed E-state index contributed by atoms with van der Waals surface area (Å²) in [6.07, 6.45) is 1.51. The van der Waals surface area contributed by atoms with Crippen molar-refractivity contribution in [3.05, 3.63) is 106 Å². The van der Waals surface area contributed by atoms with Gasteiger partial charge >= 0.3 is 0 Å². The number of ether oxygens (including phenoxy) is 1. The van der Waals surface area contributed by atoms with E-state index in [-0.39, 0.29) is 35.9 Å². The van der Waals surface area contributed by atoms with Gasteiger partial charge in [0.25, 0.3) is 11.6 Å². The van der Waals surface area contributed by atoms with Crippen LogP contribution in [0.5, 0.6) is 5.75 Å². The van der Waals surface area contributed by atoms with E-state index < -0.39 is 4.92 Å². The van der Waals surface area contributed by atoms with Gasteiger partial charge in [-0.3, -0.25) is 19.7 Å². The molecule has 0 bridgehead atoms. The Labute approximate surface area is 213 Å². The first-order chi connectivity index (χ1) is 17.4. The number of nitrogens with zero attached hydrogens (tertiary/aromatic N) is 2. The number of benzene rings is 3. The molecule has 0 aliphatic heterocycles. The van der Waals surface area contributed by atoms with Crippen LogP contribution < -0.4 is 15.5 Å². The van der Waals surface area contributed by atoms with Crippen LogP contribution in [-0.2, 0) is 15.3 Å². The lowest BCUT2D eigenvalue weighted by atomic mass is 10.1. The van der Waals surface area contributed by atoms with Crippen molar-refractivity contribution in [1.82, 2.24) is 10.7 Å². The molecule has 9 nitrogen and oxygen atoms in total. The van der Waals surface area contributed by atoms with Gasteiger partial charge in [0.15, 0.2) is 6.61 Å². The van der Waals surface area contributed by atoms with Gasteiger partial charge in [0, 0.05) is 17.9 Å². The molecule has 3 aromatic rings. The van der Waals surface area contributed by atoms with Crippen molar-refractivity contribution in [3.63, 3.8) is 0 Å². The summed E-state index contributed by atoms with van der Waals surface area (Å²) in [6, 6.07) is 22.8. The topological polar surface area (TPSA) is 123 Å². The fraction of sp³-hybridized carbons (Fsp3) is 0.192. The number of carbonyl (C=O) groups is 2. The highest BCUT2D eigenvalue weighted by Crippen LogP contribution is 2.17. The second-order valence-electron chi connectivity index (χ2n) is 7.77. The van der Waals surface area contributed by atoms with Crippen molar-refractivity contribution in [2.75, 3.05) is 12.4 Å². The summed E-state index contributed by atoms with van der Waals surface area (Å²) in [7, 11) is 0. The molecule has 0 aliphatic rings. The van der Waals surface area contributed by atoms with Crippen molar-refractivity contribution in [1.29, 1.82) is 0 Å². The minimum absolute atomic E-state index is 0.0365. The number of carbonyl (C=O) groups excluding carboxylic acids is 2. The lowest BCUT2D eigenvalue weighted by Crippen LogP contribution is -2.31. The number of hydrogen-bond acceptors (Lipinski definition) is 7. The lowest BCUT2D eigenvalue weighted by Gasteiger charge is -2.14. The lowest BCUT2D eigenvalue weighted by molar-refractivity contribution is -0.384. The van der Waals surface area contributed by atoms with E-state index in [1.54, 1.807) is 36.4 Å². The smallest absolute Gasteiger partial charge is 0.269 e. The zero-order valence-electron chi connectivity index (χ0n) is 19.6. The Bertz CT molecular complexity index is 1190. The SMILES string of the molecule is C[C@H](NC(=O)COc1ccc(/C=N\NC(=O)CSCc2ccc([N+](=O)[O-])cc2)cc1)c1ccccc1. The fourth-order valence-corrected chi connectivity index (χ4v) is 3.87. The molecule has 0 fully saturated rings. The number of nitro benzene ring substituents is 1. The molecule has 2 amide bonds. The quantitative estimate of drug-likeness (QED) is 0.215. The van der Waals surface area contributed by atoms with Crippen LogP contribution in [0.2, 0.25) is 0 Å². The molecule has 0 spiro atoms. The van der Waals surface area contributed by atoms with Gasteiger partial charge in [-0.25, -0.2) is 5.43 Å². The molecule has 1 atom stereocenters. The molecule has 0 aliphatic carbocycles. The molecule has 0 heterocycles. The molecule has 186 valence electrons. The van der Waals surface area contributed by atoms with Crippen LogP contribution in [0.3, 0.4) is 0 Å². The molecule has 0 unspecified atom stereocenters. The van der Waals surface area contributed by atoms with E-state index in [1.165, 1.54) is 30.1 Å². The van der Waals surface area contributed by atoms with Crippen molar-refractivity contribution in [3.8, 4) is 5.75 Å². The fourth-order valence-electron chi connectivity index (χ4n) is 3.09. The molecular formula is C26H26N4O5S. The summed E-state index contributed by atoms with van der Waals surface area (Å²) in [5.74, 6) is 0.826. The van der Waals surface area contributed by atoms with Crippen molar-refractivity contribution >= 4 is 35.5 Å². The highest BCUT2D eigenvalue weighted by atomic mass is 32.2. The molecule has 0 aromatic heterocycles. The predicted molar refractivity (Wildman–Crippen MR) is 140 cm³/mol. The van der Waals surface area contributed by atoms with E-state index >= 15 is 0 Å². The van der Waals surface area contributed by atoms with E-state index in [0.717, 1.165) is 16.7 Å². The number of amides is 2. The third kappa shape index (κ3) is 8.88. The molecule has 2 N–H and O–H groups in total. The number of non-ortho nitro benzene ring substituents is 1. The zero-order valence-corrected chi connectivity index (χ0v) is 20.4. The standard InChI is InChI=1S/C26H26N4O5S/c1-19(22-5-3-2-4-6-22)28-25(31)16-35-24-13-9-20(10-14-24)15-27-29-26(32)18-36-17-21-7-11-23(12-8-21)30(33)34/h2-15,19H,16-18H2,1H3,(H,28,31)(H,29,32)/b27-15-/t19-/m0/s1. The maximum absolute atomic E-state index is 12.1. The average Bonchev–Trinajstić information content (AvgIpc) is 2.89. The van der Waals surface area contributed by atoms with Gasteiger partial charge in [0.05, 0.1) is 22.9 Å². The van der Waals surface area contributed by atoms with Gasteiger partial charge in [-0.1, -0.05) is 42.5 Å². The van der Waals surface area contributed by atoms with Crippen molar-refractivity contribution < 1.29 is 19.2 Å². The summed E-state index contributed by atoms with van der Waals surface area (Å²) < 4.78 is 5.54. The third-order valence-corrected chi connectivity index (χ3v) is 5.98. The second kappa shape index (κ2) is 13.6. The molecule has 3 rings (SSSR count). The first-order valence-electron chi connectivity index (χ1n) is 11.1. The van der Waals surface area contributed by atoms with Crippen LogP contribution >= 0.6 is 11.8 Å². The van der Waals surface area contributed by atoms with E-state index in [2.05, 4.69) is 15.8 Å². The molecule has 3 aromatic carbocycles. The maximum Gasteiger partial charge on any atom is 0.269 e. The summed E-state index contributed by atoms with van der Waals surface area (Å²) in [6.45, 7) is 1.82. The van der Waals surface area contributed by atoms with Gasteiger partial charge in [0.2, 0.25) is 5.91 Å². The Hall–Kier alpha value is -4.18. The maximum atomic E-state index is 12.1. The number of nitro groups is 1. The molecule has 0 saturated heterocycles. The van der Waals surface area contributed by atoms with E-state index in [4.69, 9.17) is 4.74 Å². The Kier molecular flexibility index (Phi) is 10.0. The van der Waals surface area contributed by atoms with Gasteiger partial charge in [0.1, 0.15) is 5.75 Å². The van der Waals surface area contributed by atoms with Crippen LogP contribution in [-0.4, -0.2) is 35.3 Å². The van der Waals surface area contributed by atoms with Crippen LogP contribution in [0.4, 0.5) is 5.69 Å². The van der Waals surface area contributed by atoms with Crippen LogP contribution in [0.1, 0.15) is 29.7 Å². The molecule has 0 saturated carbocycles. The highest BCUT2D eigenvalue weighted by molar-refractivity contribution is 7.99. The van der Waals surface area contributed by atoms with Crippen molar-refractivity contribution in [2.45, 2.75) is 18.7 Å². The molecule has 36 heavy (non-hydrogen) atoms. The summed E-state index contributed by atoms with van der Waals surface area (Å²) in [5.41, 5.74) is 5.17. The Balaban J connectivity index is 1.34. The Morgan fingerprint density at radius 3 is 2.39 bits per heavy atom. The number of thioether (sulfide) groups is 1. The first-order valence-corrected chi connectivity index (χ1v) is 12.3. The minimum Gasteiger partial charge on any atom is -0.484 e. The Morgan fingerprint density at radius 2 is 1.72 bits per heavy atom. The molecule has 0 radical (unpaired) electrons. The first kappa shape index (κ1) is 26.4. The van der Waals surface area contributed by atoms with Gasteiger partial charge in [-0.05, 0) is 47.9 Å². The van der Waals surface area contributed by atoms with Crippen LogP contribution in [0, 0.1) is 10.1 Å². The minimum atomic E-state index is -0.448. The van der Waals surface area contributed by atoms with Crippen LogP contribution in [0.25, 0.3) is 0 Å². The van der Waals surface area contributed by atoms with Crippen LogP contribution in [0.15, 0.2) is 84.0 Å². The molecule has 10 heteroatoms. The Morgan fingerprint density at radius 1 is 1.03 bits per heavy atom. The average molecular weight is 507 g/mol. The highest BCUT2D eigenvalue weighted by Gasteiger charge is 2.10. The second-order valence-corrected chi connectivity index (χ2v) is 8.75. The van der Waals surface area contributed by atoms with E-state index in [9.17, 15) is 19.7 Å². The van der Waals surface area contributed by atoms with Gasteiger partial charge in [-0.2, -0.15) is 5.10 Å². The van der Waals surface area contributed by atoms with E-state index in [0.29, 0.717) is 11.5 Å². The van der Waals surface area contributed by atoms with E-state index in [1.807, 2.05) is 37.3 Å². The largest absolute Gasteiger partial charge is 0.484 e.